The van der Waals surface area contributed by atoms with Gasteiger partial charge >= 0.3 is 0 Å². The van der Waals surface area contributed by atoms with Crippen molar-refractivity contribution in [3.05, 3.63) is 47.5 Å². The van der Waals surface area contributed by atoms with Crippen LogP contribution < -0.4 is 10.2 Å². The van der Waals surface area contributed by atoms with E-state index in [1.165, 1.54) is 15.6 Å². The minimum atomic E-state index is 0.482. The van der Waals surface area contributed by atoms with E-state index in [1.807, 2.05) is 42.6 Å². The Hall–Kier alpha value is -2.18. The predicted molar refractivity (Wildman–Crippen MR) is 110 cm³/mol. The molecule has 6 heteroatoms. The van der Waals surface area contributed by atoms with E-state index in [2.05, 4.69) is 49.8 Å². The van der Waals surface area contributed by atoms with Crippen LogP contribution in [0.3, 0.4) is 0 Å². The highest BCUT2D eigenvalue weighted by Crippen LogP contribution is 2.27. The number of thiophene rings is 1. The average Bonchev–Trinajstić information content (AvgIpc) is 3.07. The molecule has 0 radical (unpaired) electrons. The molecule has 0 atom stereocenters. The first-order valence-corrected chi connectivity index (χ1v) is 10.0. The van der Waals surface area contributed by atoms with Gasteiger partial charge in [0.2, 0.25) is 5.95 Å². The molecule has 0 saturated carbocycles. The van der Waals surface area contributed by atoms with Crippen molar-refractivity contribution in [1.29, 1.82) is 0 Å². The van der Waals surface area contributed by atoms with Gasteiger partial charge in [-0.3, -0.25) is 4.90 Å². The van der Waals surface area contributed by atoms with Gasteiger partial charge in [0.05, 0.1) is 0 Å². The highest BCUT2D eigenvalue weighted by atomic mass is 32.1. The summed E-state index contributed by atoms with van der Waals surface area (Å²) in [7, 11) is 3.93. The molecule has 136 valence electrons. The molecule has 1 aliphatic heterocycles. The van der Waals surface area contributed by atoms with Crippen LogP contribution in [-0.4, -0.2) is 48.1 Å². The second-order valence-corrected chi connectivity index (χ2v) is 8.00. The molecule has 1 fully saturated rings. The number of likely N-dealkylation sites (tertiary alicyclic amines) is 1. The van der Waals surface area contributed by atoms with Crippen molar-refractivity contribution >= 4 is 33.2 Å². The van der Waals surface area contributed by atoms with E-state index in [4.69, 9.17) is 0 Å². The Labute approximate surface area is 158 Å². The highest BCUT2D eigenvalue weighted by Gasteiger charge is 2.20. The highest BCUT2D eigenvalue weighted by molar-refractivity contribution is 7.17. The number of benzene rings is 1. The number of nitrogens with one attached hydrogen (secondary N) is 1. The molecule has 4 rings (SSSR count). The predicted octanol–water partition coefficient (Wildman–Crippen LogP) is 3.83. The number of anilines is 2. The van der Waals surface area contributed by atoms with Crippen molar-refractivity contribution in [2.75, 3.05) is 37.4 Å². The second-order valence-electron chi connectivity index (χ2n) is 7.09. The molecule has 1 N–H and O–H groups in total. The molecule has 3 heterocycles. The molecule has 0 bridgehead atoms. The lowest BCUT2D eigenvalue weighted by Gasteiger charge is -2.32. The lowest BCUT2D eigenvalue weighted by Crippen LogP contribution is -2.38. The summed E-state index contributed by atoms with van der Waals surface area (Å²) in [6.07, 6.45) is 4.11. The van der Waals surface area contributed by atoms with Crippen LogP contribution in [0.1, 0.15) is 18.4 Å². The van der Waals surface area contributed by atoms with Crippen LogP contribution >= 0.6 is 11.3 Å². The van der Waals surface area contributed by atoms with E-state index in [0.717, 1.165) is 44.2 Å². The fourth-order valence-electron chi connectivity index (χ4n) is 3.48. The minimum absolute atomic E-state index is 0.482. The van der Waals surface area contributed by atoms with E-state index < -0.39 is 0 Å². The Morgan fingerprint density at radius 1 is 1.19 bits per heavy atom. The van der Waals surface area contributed by atoms with Crippen molar-refractivity contribution < 1.29 is 0 Å². The average molecular weight is 368 g/mol. The maximum Gasteiger partial charge on any atom is 0.226 e. The molecule has 0 unspecified atom stereocenters. The van der Waals surface area contributed by atoms with E-state index in [9.17, 15) is 0 Å². The molecule has 0 spiro atoms. The van der Waals surface area contributed by atoms with Crippen LogP contribution in [0.2, 0.25) is 0 Å². The number of hydrogen-bond donors (Lipinski definition) is 1. The normalized spacial score (nSPS) is 16.1. The van der Waals surface area contributed by atoms with Crippen LogP contribution in [0.15, 0.2) is 41.9 Å². The molecule has 0 amide bonds. The third-order valence-electron chi connectivity index (χ3n) is 4.94. The Kier molecular flexibility index (Phi) is 5.04. The lowest BCUT2D eigenvalue weighted by molar-refractivity contribution is 0.212. The summed E-state index contributed by atoms with van der Waals surface area (Å²) in [4.78, 5) is 13.3. The fourth-order valence-corrected chi connectivity index (χ4v) is 4.44. The van der Waals surface area contributed by atoms with E-state index >= 15 is 0 Å². The maximum absolute atomic E-state index is 4.57. The summed E-state index contributed by atoms with van der Waals surface area (Å²) < 4.78 is 1.39. The van der Waals surface area contributed by atoms with Gasteiger partial charge in [-0.1, -0.05) is 18.2 Å². The zero-order chi connectivity index (χ0) is 17.9. The topological polar surface area (TPSA) is 44.3 Å². The van der Waals surface area contributed by atoms with Gasteiger partial charge in [0.1, 0.15) is 5.82 Å². The largest absolute Gasteiger partial charge is 0.367 e. The number of piperidine rings is 1. The molecular formula is C20H25N5S. The van der Waals surface area contributed by atoms with Crippen LogP contribution in [0.25, 0.3) is 10.1 Å². The van der Waals surface area contributed by atoms with Crippen molar-refractivity contribution in [2.24, 2.45) is 0 Å². The van der Waals surface area contributed by atoms with Crippen molar-refractivity contribution in [3.8, 4) is 0 Å². The third kappa shape index (κ3) is 3.81. The van der Waals surface area contributed by atoms with Crippen molar-refractivity contribution in [3.63, 3.8) is 0 Å². The Morgan fingerprint density at radius 2 is 2.00 bits per heavy atom. The smallest absolute Gasteiger partial charge is 0.226 e. The zero-order valence-corrected chi connectivity index (χ0v) is 16.2. The monoisotopic (exact) mass is 367 g/mol. The summed E-state index contributed by atoms with van der Waals surface area (Å²) in [5.74, 6) is 1.67. The minimum Gasteiger partial charge on any atom is -0.367 e. The first-order valence-electron chi connectivity index (χ1n) is 9.13. The van der Waals surface area contributed by atoms with Crippen LogP contribution in [-0.2, 0) is 6.54 Å². The third-order valence-corrected chi connectivity index (χ3v) is 5.95. The Bertz CT molecular complexity index is 867. The van der Waals surface area contributed by atoms with Gasteiger partial charge in [-0.15, -0.1) is 11.3 Å². The van der Waals surface area contributed by atoms with Gasteiger partial charge in [0.25, 0.3) is 0 Å². The van der Waals surface area contributed by atoms with Gasteiger partial charge in [-0.05, 0) is 41.3 Å². The summed E-state index contributed by atoms with van der Waals surface area (Å²) in [5, 5.41) is 7.31. The Balaban J connectivity index is 1.33. The maximum atomic E-state index is 4.57. The SMILES string of the molecule is CN(C)c1nccc(NC2CCN(Cc3csc4ccccc34)CC2)n1. The second kappa shape index (κ2) is 7.60. The summed E-state index contributed by atoms with van der Waals surface area (Å²) in [5.41, 5.74) is 1.46. The van der Waals surface area contributed by atoms with Gasteiger partial charge < -0.3 is 10.2 Å². The molecule has 1 aliphatic rings. The van der Waals surface area contributed by atoms with E-state index in [0.29, 0.717) is 6.04 Å². The van der Waals surface area contributed by atoms with Crippen molar-refractivity contribution in [1.82, 2.24) is 14.9 Å². The molecule has 2 aromatic heterocycles. The number of aromatic nitrogens is 2. The quantitative estimate of drug-likeness (QED) is 0.742. The molecule has 3 aromatic rings. The molecule has 1 aromatic carbocycles. The number of nitrogens with zero attached hydrogens (tertiary/aromatic N) is 4. The van der Waals surface area contributed by atoms with Gasteiger partial charge in [0, 0.05) is 50.7 Å². The zero-order valence-electron chi connectivity index (χ0n) is 15.4. The standard InChI is InChI=1S/C20H25N5S/c1-24(2)20-21-10-7-19(23-20)22-16-8-11-25(12-9-16)13-15-14-26-18-6-4-3-5-17(15)18/h3-7,10,14,16H,8-9,11-13H2,1-2H3,(H,21,22,23). The Morgan fingerprint density at radius 3 is 2.81 bits per heavy atom. The van der Waals surface area contributed by atoms with Crippen LogP contribution in [0, 0.1) is 0 Å². The summed E-state index contributed by atoms with van der Waals surface area (Å²) in [6.45, 7) is 3.29. The molecule has 1 saturated heterocycles. The lowest BCUT2D eigenvalue weighted by atomic mass is 10.0. The molecule has 0 aliphatic carbocycles. The van der Waals surface area contributed by atoms with Gasteiger partial charge in [-0.25, -0.2) is 4.98 Å². The molecule has 5 nitrogen and oxygen atoms in total. The van der Waals surface area contributed by atoms with Gasteiger partial charge in [-0.2, -0.15) is 4.98 Å². The number of hydrogen-bond acceptors (Lipinski definition) is 6. The number of rotatable bonds is 5. The fraction of sp³-hybridized carbons (Fsp3) is 0.400. The van der Waals surface area contributed by atoms with Gasteiger partial charge in [0.15, 0.2) is 0 Å². The number of fused-ring (bicyclic) bond motifs is 1. The van der Waals surface area contributed by atoms with E-state index in [1.54, 1.807) is 0 Å². The first-order chi connectivity index (χ1) is 12.7. The summed E-state index contributed by atoms with van der Waals surface area (Å²) >= 11 is 1.85. The molecule has 26 heavy (non-hydrogen) atoms. The summed E-state index contributed by atoms with van der Waals surface area (Å²) in [6, 6.07) is 11.1. The van der Waals surface area contributed by atoms with Crippen LogP contribution in [0.4, 0.5) is 11.8 Å². The molecular weight excluding hydrogens is 342 g/mol. The van der Waals surface area contributed by atoms with Crippen molar-refractivity contribution in [2.45, 2.75) is 25.4 Å². The van der Waals surface area contributed by atoms with Crippen LogP contribution in [0.5, 0.6) is 0 Å². The first kappa shape index (κ1) is 17.2. The van der Waals surface area contributed by atoms with E-state index in [-0.39, 0.29) is 0 Å².